The molecule has 1 aliphatic rings. The predicted molar refractivity (Wildman–Crippen MR) is 100 cm³/mol. The van der Waals surface area contributed by atoms with Gasteiger partial charge < -0.3 is 10.2 Å². The van der Waals surface area contributed by atoms with Gasteiger partial charge in [-0.2, -0.15) is 0 Å². The van der Waals surface area contributed by atoms with Gasteiger partial charge in [-0.25, -0.2) is 13.1 Å². The SMILES string of the molecule is C[C@H]1CNCCN1C(=O)c1cccc(S(=O)(=O)NCc2ccccc2)c1. The first-order valence-electron chi connectivity index (χ1n) is 8.63. The summed E-state index contributed by atoms with van der Waals surface area (Å²) < 4.78 is 27.7. The highest BCUT2D eigenvalue weighted by Crippen LogP contribution is 2.16. The minimum Gasteiger partial charge on any atom is -0.333 e. The Morgan fingerprint density at radius 2 is 1.96 bits per heavy atom. The zero-order chi connectivity index (χ0) is 18.6. The number of sulfonamides is 1. The van der Waals surface area contributed by atoms with Crippen molar-refractivity contribution in [1.29, 1.82) is 0 Å². The molecule has 6 nitrogen and oxygen atoms in total. The van der Waals surface area contributed by atoms with E-state index in [1.165, 1.54) is 12.1 Å². The zero-order valence-corrected chi connectivity index (χ0v) is 15.5. The fraction of sp³-hybridized carbons (Fsp3) is 0.316. The first kappa shape index (κ1) is 18.6. The summed E-state index contributed by atoms with van der Waals surface area (Å²) in [4.78, 5) is 14.6. The van der Waals surface area contributed by atoms with E-state index in [1.54, 1.807) is 17.0 Å². The second kappa shape index (κ2) is 7.99. The van der Waals surface area contributed by atoms with E-state index in [2.05, 4.69) is 10.0 Å². The second-order valence-electron chi connectivity index (χ2n) is 6.39. The lowest BCUT2D eigenvalue weighted by atomic mass is 10.1. The smallest absolute Gasteiger partial charge is 0.254 e. The summed E-state index contributed by atoms with van der Waals surface area (Å²) >= 11 is 0. The van der Waals surface area contributed by atoms with E-state index in [0.29, 0.717) is 12.1 Å². The maximum Gasteiger partial charge on any atom is 0.254 e. The van der Waals surface area contributed by atoms with Crippen LogP contribution in [0.4, 0.5) is 0 Å². The first-order valence-corrected chi connectivity index (χ1v) is 10.1. The number of amides is 1. The van der Waals surface area contributed by atoms with Crippen LogP contribution in [-0.2, 0) is 16.6 Å². The van der Waals surface area contributed by atoms with E-state index in [1.807, 2.05) is 37.3 Å². The van der Waals surface area contributed by atoms with Crippen molar-refractivity contribution in [2.75, 3.05) is 19.6 Å². The van der Waals surface area contributed by atoms with E-state index in [9.17, 15) is 13.2 Å². The standard InChI is InChI=1S/C19H23N3O3S/c1-15-13-20-10-11-22(15)19(23)17-8-5-9-18(12-17)26(24,25)21-14-16-6-3-2-4-7-16/h2-9,12,15,20-21H,10-11,13-14H2,1H3/t15-/m0/s1. The van der Waals surface area contributed by atoms with Gasteiger partial charge in [0.25, 0.3) is 5.91 Å². The highest BCUT2D eigenvalue weighted by Gasteiger charge is 2.25. The number of hydrogen-bond donors (Lipinski definition) is 2. The van der Waals surface area contributed by atoms with Crippen molar-refractivity contribution in [2.24, 2.45) is 0 Å². The predicted octanol–water partition coefficient (Wildman–Crippen LogP) is 1.60. The number of piperazine rings is 1. The highest BCUT2D eigenvalue weighted by molar-refractivity contribution is 7.89. The van der Waals surface area contributed by atoms with Crippen LogP contribution in [0.15, 0.2) is 59.5 Å². The van der Waals surface area contributed by atoms with Gasteiger partial charge in [-0.3, -0.25) is 4.79 Å². The van der Waals surface area contributed by atoms with Gasteiger partial charge in [-0.15, -0.1) is 0 Å². The Kier molecular flexibility index (Phi) is 5.70. The monoisotopic (exact) mass is 373 g/mol. The minimum atomic E-state index is -3.69. The van der Waals surface area contributed by atoms with Crippen molar-refractivity contribution in [3.05, 3.63) is 65.7 Å². The molecule has 1 heterocycles. The quantitative estimate of drug-likeness (QED) is 0.834. The number of nitrogens with zero attached hydrogens (tertiary/aromatic N) is 1. The van der Waals surface area contributed by atoms with Crippen LogP contribution in [-0.4, -0.2) is 44.9 Å². The van der Waals surface area contributed by atoms with Crippen molar-refractivity contribution in [3.63, 3.8) is 0 Å². The van der Waals surface area contributed by atoms with E-state index in [-0.39, 0.29) is 23.4 Å². The summed E-state index contributed by atoms with van der Waals surface area (Å²) in [7, 11) is -3.69. The van der Waals surface area contributed by atoms with Crippen molar-refractivity contribution in [3.8, 4) is 0 Å². The topological polar surface area (TPSA) is 78.5 Å². The maximum absolute atomic E-state index is 12.8. The van der Waals surface area contributed by atoms with E-state index >= 15 is 0 Å². The number of hydrogen-bond acceptors (Lipinski definition) is 4. The molecule has 0 saturated carbocycles. The molecule has 1 aliphatic heterocycles. The number of carbonyl (C=O) groups is 1. The molecule has 3 rings (SSSR count). The van der Waals surface area contributed by atoms with Crippen molar-refractivity contribution in [2.45, 2.75) is 24.4 Å². The fourth-order valence-corrected chi connectivity index (χ4v) is 4.03. The van der Waals surface area contributed by atoms with Crippen LogP contribution in [0.1, 0.15) is 22.8 Å². The van der Waals surface area contributed by atoms with E-state index < -0.39 is 10.0 Å². The van der Waals surface area contributed by atoms with Gasteiger partial charge in [0.05, 0.1) is 4.90 Å². The first-order chi connectivity index (χ1) is 12.5. The molecule has 1 fully saturated rings. The number of nitrogens with one attached hydrogen (secondary N) is 2. The van der Waals surface area contributed by atoms with Crippen LogP contribution in [0.2, 0.25) is 0 Å². The lowest BCUT2D eigenvalue weighted by Gasteiger charge is -2.34. The van der Waals surface area contributed by atoms with Gasteiger partial charge in [-0.1, -0.05) is 36.4 Å². The molecule has 0 aromatic heterocycles. The van der Waals surface area contributed by atoms with Crippen LogP contribution in [0.5, 0.6) is 0 Å². The van der Waals surface area contributed by atoms with Crippen LogP contribution in [0, 0.1) is 0 Å². The molecule has 0 radical (unpaired) electrons. The molecule has 138 valence electrons. The average molecular weight is 373 g/mol. The largest absolute Gasteiger partial charge is 0.333 e. The lowest BCUT2D eigenvalue weighted by Crippen LogP contribution is -2.52. The Bertz CT molecular complexity index is 869. The number of benzene rings is 2. The Morgan fingerprint density at radius 1 is 1.19 bits per heavy atom. The number of rotatable bonds is 5. The summed E-state index contributed by atoms with van der Waals surface area (Å²) in [6.45, 7) is 4.28. The summed E-state index contributed by atoms with van der Waals surface area (Å²) in [5.41, 5.74) is 1.26. The molecule has 0 unspecified atom stereocenters. The molecule has 0 bridgehead atoms. The molecule has 1 amide bonds. The Morgan fingerprint density at radius 3 is 2.69 bits per heavy atom. The molecule has 0 spiro atoms. The normalized spacial score (nSPS) is 17.9. The molecule has 2 aromatic rings. The molecule has 1 atom stereocenters. The van der Waals surface area contributed by atoms with Gasteiger partial charge in [0.15, 0.2) is 0 Å². The summed E-state index contributed by atoms with van der Waals surface area (Å²) in [5.74, 6) is -0.140. The van der Waals surface area contributed by atoms with Crippen molar-refractivity contribution < 1.29 is 13.2 Å². The molecular weight excluding hydrogens is 350 g/mol. The van der Waals surface area contributed by atoms with Crippen molar-refractivity contribution >= 4 is 15.9 Å². The van der Waals surface area contributed by atoms with Crippen LogP contribution in [0.3, 0.4) is 0 Å². The molecule has 0 aliphatic carbocycles. The van der Waals surface area contributed by atoms with E-state index in [4.69, 9.17) is 0 Å². The highest BCUT2D eigenvalue weighted by atomic mass is 32.2. The van der Waals surface area contributed by atoms with Gasteiger partial charge in [0.1, 0.15) is 0 Å². The zero-order valence-electron chi connectivity index (χ0n) is 14.7. The Labute approximate surface area is 154 Å². The van der Waals surface area contributed by atoms with Gasteiger partial charge >= 0.3 is 0 Å². The summed E-state index contributed by atoms with van der Waals surface area (Å²) in [6.07, 6.45) is 0. The third-order valence-electron chi connectivity index (χ3n) is 4.46. The molecule has 7 heteroatoms. The Balaban J connectivity index is 1.76. The summed E-state index contributed by atoms with van der Waals surface area (Å²) in [5, 5.41) is 3.24. The molecule has 2 aromatic carbocycles. The summed E-state index contributed by atoms with van der Waals surface area (Å²) in [6, 6.07) is 15.6. The lowest BCUT2D eigenvalue weighted by molar-refractivity contribution is 0.0655. The van der Waals surface area contributed by atoms with Gasteiger partial charge in [-0.05, 0) is 30.7 Å². The minimum absolute atomic E-state index is 0.0766. The number of carbonyl (C=O) groups excluding carboxylic acids is 1. The van der Waals surface area contributed by atoms with Gasteiger partial charge in [0.2, 0.25) is 10.0 Å². The molecule has 26 heavy (non-hydrogen) atoms. The maximum atomic E-state index is 12.8. The third-order valence-corrected chi connectivity index (χ3v) is 5.86. The molecule has 1 saturated heterocycles. The van der Waals surface area contributed by atoms with Gasteiger partial charge in [0, 0.05) is 37.8 Å². The second-order valence-corrected chi connectivity index (χ2v) is 8.16. The van der Waals surface area contributed by atoms with Crippen molar-refractivity contribution in [1.82, 2.24) is 14.9 Å². The molecular formula is C19H23N3O3S. The fourth-order valence-electron chi connectivity index (χ4n) is 2.96. The third kappa shape index (κ3) is 4.30. The Hall–Kier alpha value is -2.22. The molecule has 2 N–H and O–H groups in total. The van der Waals surface area contributed by atoms with Crippen LogP contribution >= 0.6 is 0 Å². The van der Waals surface area contributed by atoms with E-state index in [0.717, 1.165) is 18.7 Å². The van der Waals surface area contributed by atoms with Crippen LogP contribution in [0.25, 0.3) is 0 Å². The van der Waals surface area contributed by atoms with Crippen LogP contribution < -0.4 is 10.0 Å². The average Bonchev–Trinajstić information content (AvgIpc) is 2.67.